The molecule has 1 heterocycles. The number of anilines is 1. The number of aryl methyl sites for hydroxylation is 1. The van der Waals surface area contributed by atoms with Crippen molar-refractivity contribution in [3.63, 3.8) is 0 Å². The highest BCUT2D eigenvalue weighted by molar-refractivity contribution is 5.74. The van der Waals surface area contributed by atoms with Crippen LogP contribution in [-0.4, -0.2) is 9.55 Å². The van der Waals surface area contributed by atoms with Crippen LogP contribution < -0.4 is 5.73 Å². The number of halogens is 1. The number of nitrogens with zero attached hydrogens (tertiary/aromatic N) is 2. The van der Waals surface area contributed by atoms with Crippen molar-refractivity contribution in [3.8, 4) is 11.3 Å². The van der Waals surface area contributed by atoms with Crippen molar-refractivity contribution in [1.82, 2.24) is 9.55 Å². The van der Waals surface area contributed by atoms with Gasteiger partial charge in [-0.3, -0.25) is 0 Å². The van der Waals surface area contributed by atoms with Crippen LogP contribution in [0, 0.1) is 12.7 Å². The summed E-state index contributed by atoms with van der Waals surface area (Å²) in [5, 5.41) is 0. The lowest BCUT2D eigenvalue weighted by Gasteiger charge is -2.15. The Morgan fingerprint density at radius 3 is 2.35 bits per heavy atom. The van der Waals surface area contributed by atoms with E-state index in [0.29, 0.717) is 11.5 Å². The molecule has 0 saturated carbocycles. The van der Waals surface area contributed by atoms with Crippen molar-refractivity contribution < 1.29 is 4.39 Å². The fourth-order valence-corrected chi connectivity index (χ4v) is 2.46. The van der Waals surface area contributed by atoms with Gasteiger partial charge in [0.05, 0.1) is 0 Å². The summed E-state index contributed by atoms with van der Waals surface area (Å²) in [6.45, 7) is 10.3. The van der Waals surface area contributed by atoms with Crippen molar-refractivity contribution in [2.75, 3.05) is 5.73 Å². The van der Waals surface area contributed by atoms with Crippen molar-refractivity contribution >= 4 is 5.82 Å². The average molecular weight is 275 g/mol. The van der Waals surface area contributed by atoms with E-state index in [9.17, 15) is 4.39 Å². The summed E-state index contributed by atoms with van der Waals surface area (Å²) in [4.78, 5) is 4.67. The van der Waals surface area contributed by atoms with Gasteiger partial charge in [-0.1, -0.05) is 19.9 Å². The predicted octanol–water partition coefficient (Wildman–Crippen LogP) is 4.28. The quantitative estimate of drug-likeness (QED) is 0.908. The van der Waals surface area contributed by atoms with Gasteiger partial charge in [0.1, 0.15) is 23.2 Å². The van der Waals surface area contributed by atoms with Gasteiger partial charge in [0, 0.05) is 17.5 Å². The zero-order valence-corrected chi connectivity index (χ0v) is 12.7. The first-order chi connectivity index (χ1) is 9.32. The monoisotopic (exact) mass is 275 g/mol. The molecule has 4 heteroatoms. The zero-order chi connectivity index (χ0) is 15.0. The molecule has 108 valence electrons. The van der Waals surface area contributed by atoms with Crippen molar-refractivity contribution in [3.05, 3.63) is 35.4 Å². The molecule has 2 rings (SSSR count). The van der Waals surface area contributed by atoms with Gasteiger partial charge >= 0.3 is 0 Å². The standard InChI is InChI=1S/C16H22FN3/c1-9(2)16-19-14(15(18)20(16)10(3)4)13-8-12(17)7-6-11(13)5/h6-10H,18H2,1-5H3. The first-order valence-corrected chi connectivity index (χ1v) is 6.97. The van der Waals surface area contributed by atoms with Gasteiger partial charge in [0.25, 0.3) is 0 Å². The van der Waals surface area contributed by atoms with Crippen molar-refractivity contribution in [1.29, 1.82) is 0 Å². The SMILES string of the molecule is Cc1ccc(F)cc1-c1nc(C(C)C)n(C(C)C)c1N. The number of imidazole rings is 1. The van der Waals surface area contributed by atoms with Crippen molar-refractivity contribution in [2.24, 2.45) is 0 Å². The largest absolute Gasteiger partial charge is 0.383 e. The van der Waals surface area contributed by atoms with E-state index in [-0.39, 0.29) is 17.8 Å². The van der Waals surface area contributed by atoms with E-state index >= 15 is 0 Å². The fourth-order valence-electron chi connectivity index (χ4n) is 2.46. The summed E-state index contributed by atoms with van der Waals surface area (Å²) in [5.74, 6) is 1.55. The molecule has 0 radical (unpaired) electrons. The highest BCUT2D eigenvalue weighted by Gasteiger charge is 2.21. The first kappa shape index (κ1) is 14.6. The molecule has 3 nitrogen and oxygen atoms in total. The summed E-state index contributed by atoms with van der Waals surface area (Å²) in [6.07, 6.45) is 0. The van der Waals surface area contributed by atoms with Crippen LogP contribution in [0.2, 0.25) is 0 Å². The van der Waals surface area contributed by atoms with Gasteiger partial charge in [-0.25, -0.2) is 9.37 Å². The van der Waals surface area contributed by atoms with Crippen LogP contribution in [0.15, 0.2) is 18.2 Å². The summed E-state index contributed by atoms with van der Waals surface area (Å²) in [6, 6.07) is 4.94. The van der Waals surface area contributed by atoms with Gasteiger partial charge in [-0.15, -0.1) is 0 Å². The third-order valence-electron chi connectivity index (χ3n) is 3.46. The minimum atomic E-state index is -0.268. The number of nitrogen functional groups attached to an aromatic ring is 1. The summed E-state index contributed by atoms with van der Waals surface area (Å²) in [5.41, 5.74) is 8.69. The molecule has 1 aromatic carbocycles. The molecule has 0 aliphatic carbocycles. The van der Waals surface area contributed by atoms with Gasteiger partial charge < -0.3 is 10.3 Å². The van der Waals surface area contributed by atoms with Crippen LogP contribution in [0.25, 0.3) is 11.3 Å². The number of hydrogen-bond donors (Lipinski definition) is 1. The number of aromatic nitrogens is 2. The van der Waals surface area contributed by atoms with Crippen LogP contribution >= 0.6 is 0 Å². The maximum atomic E-state index is 13.5. The highest BCUT2D eigenvalue weighted by atomic mass is 19.1. The summed E-state index contributed by atoms with van der Waals surface area (Å²) < 4.78 is 15.5. The maximum absolute atomic E-state index is 13.5. The second kappa shape index (κ2) is 5.27. The Kier molecular flexibility index (Phi) is 3.84. The molecule has 0 aliphatic heterocycles. The number of rotatable bonds is 3. The first-order valence-electron chi connectivity index (χ1n) is 6.97. The Morgan fingerprint density at radius 1 is 1.20 bits per heavy atom. The Hall–Kier alpha value is -1.84. The zero-order valence-electron chi connectivity index (χ0n) is 12.7. The van der Waals surface area contributed by atoms with Crippen molar-refractivity contribution in [2.45, 2.75) is 46.6 Å². The Balaban J connectivity index is 2.69. The lowest BCUT2D eigenvalue weighted by Crippen LogP contribution is -2.10. The normalized spacial score (nSPS) is 11.6. The van der Waals surface area contributed by atoms with Gasteiger partial charge in [-0.2, -0.15) is 0 Å². The van der Waals surface area contributed by atoms with E-state index in [1.807, 2.05) is 11.5 Å². The topological polar surface area (TPSA) is 43.8 Å². The molecular formula is C16H22FN3. The van der Waals surface area contributed by atoms with E-state index < -0.39 is 0 Å². The summed E-state index contributed by atoms with van der Waals surface area (Å²) >= 11 is 0. The predicted molar refractivity (Wildman–Crippen MR) is 81.2 cm³/mol. The third-order valence-corrected chi connectivity index (χ3v) is 3.46. The molecule has 0 saturated heterocycles. The average Bonchev–Trinajstić information content (AvgIpc) is 2.70. The highest BCUT2D eigenvalue weighted by Crippen LogP contribution is 2.33. The van der Waals surface area contributed by atoms with Crippen LogP contribution in [0.4, 0.5) is 10.2 Å². The molecule has 0 spiro atoms. The third kappa shape index (κ3) is 2.42. The van der Waals surface area contributed by atoms with E-state index in [0.717, 1.165) is 17.0 Å². The van der Waals surface area contributed by atoms with E-state index in [1.165, 1.54) is 12.1 Å². The van der Waals surface area contributed by atoms with Crippen LogP contribution in [-0.2, 0) is 0 Å². The van der Waals surface area contributed by atoms with E-state index in [2.05, 4.69) is 32.7 Å². The van der Waals surface area contributed by atoms with Gasteiger partial charge in [0.2, 0.25) is 0 Å². The number of nitrogens with two attached hydrogens (primary N) is 1. The Labute approximate surface area is 119 Å². The molecule has 0 unspecified atom stereocenters. The second-order valence-electron chi connectivity index (χ2n) is 5.78. The molecule has 0 atom stereocenters. The lowest BCUT2D eigenvalue weighted by molar-refractivity contribution is 0.556. The minimum absolute atomic E-state index is 0.225. The Morgan fingerprint density at radius 2 is 1.85 bits per heavy atom. The fraction of sp³-hybridized carbons (Fsp3) is 0.438. The summed E-state index contributed by atoms with van der Waals surface area (Å²) in [7, 11) is 0. The molecule has 2 N–H and O–H groups in total. The Bertz CT molecular complexity index is 627. The molecule has 1 aromatic heterocycles. The van der Waals surface area contributed by atoms with Gasteiger partial charge in [0.15, 0.2) is 0 Å². The van der Waals surface area contributed by atoms with E-state index in [4.69, 9.17) is 5.73 Å². The molecule has 0 bridgehead atoms. The molecular weight excluding hydrogens is 253 g/mol. The number of benzene rings is 1. The van der Waals surface area contributed by atoms with Gasteiger partial charge in [-0.05, 0) is 38.5 Å². The maximum Gasteiger partial charge on any atom is 0.131 e. The lowest BCUT2D eigenvalue weighted by atomic mass is 10.1. The van der Waals surface area contributed by atoms with Crippen LogP contribution in [0.1, 0.15) is 51.0 Å². The van der Waals surface area contributed by atoms with Crippen LogP contribution in [0.5, 0.6) is 0 Å². The molecule has 0 fully saturated rings. The minimum Gasteiger partial charge on any atom is -0.383 e. The smallest absolute Gasteiger partial charge is 0.131 e. The molecule has 2 aromatic rings. The molecule has 20 heavy (non-hydrogen) atoms. The second-order valence-corrected chi connectivity index (χ2v) is 5.78. The molecule has 0 amide bonds. The van der Waals surface area contributed by atoms with Crippen LogP contribution in [0.3, 0.4) is 0 Å². The molecule has 0 aliphatic rings. The van der Waals surface area contributed by atoms with E-state index in [1.54, 1.807) is 6.07 Å². The number of hydrogen-bond acceptors (Lipinski definition) is 2.